The molecule has 0 bridgehead atoms. The maximum Gasteiger partial charge on any atom is 0.142 e. The maximum atomic E-state index is 12.9. The Morgan fingerprint density at radius 3 is 2.56 bits per heavy atom. The van der Waals surface area contributed by atoms with Crippen LogP contribution in [0.5, 0.6) is 0 Å². The molecular weight excluding hydrogens is 207 g/mol. The molecule has 1 rings (SSSR count). The van der Waals surface area contributed by atoms with Crippen LogP contribution in [0.2, 0.25) is 0 Å². The summed E-state index contributed by atoms with van der Waals surface area (Å²) >= 11 is 0. The molecule has 0 amide bonds. The average molecular weight is 226 g/mol. The van der Waals surface area contributed by atoms with E-state index in [4.69, 9.17) is 5.11 Å². The summed E-state index contributed by atoms with van der Waals surface area (Å²) in [5.74, 6) is 0.218. The van der Waals surface area contributed by atoms with Crippen LogP contribution in [-0.2, 0) is 6.61 Å². The van der Waals surface area contributed by atoms with Gasteiger partial charge in [0.25, 0.3) is 0 Å². The van der Waals surface area contributed by atoms with Crippen molar-refractivity contribution < 1.29 is 9.50 Å². The summed E-state index contributed by atoms with van der Waals surface area (Å²) in [4.78, 5) is 5.96. The molecule has 0 unspecified atom stereocenters. The number of hydrogen-bond donors (Lipinski definition) is 1. The Bertz CT molecular complexity index is 361. The van der Waals surface area contributed by atoms with E-state index in [0.717, 1.165) is 6.54 Å². The van der Waals surface area contributed by atoms with Gasteiger partial charge >= 0.3 is 0 Å². The van der Waals surface area contributed by atoms with E-state index in [2.05, 4.69) is 25.8 Å². The first-order chi connectivity index (χ1) is 7.33. The molecule has 1 N–H and O–H groups in total. The van der Waals surface area contributed by atoms with Gasteiger partial charge in [-0.15, -0.1) is 0 Å². The van der Waals surface area contributed by atoms with Gasteiger partial charge in [-0.3, -0.25) is 0 Å². The van der Waals surface area contributed by atoms with Gasteiger partial charge in [-0.2, -0.15) is 0 Å². The molecule has 0 aliphatic rings. The fourth-order valence-electron chi connectivity index (χ4n) is 1.72. The first-order valence-electron chi connectivity index (χ1n) is 5.30. The molecule has 0 aliphatic heterocycles. The van der Waals surface area contributed by atoms with Crippen LogP contribution in [0.15, 0.2) is 12.3 Å². The SMILES string of the molecule is CN(CC(C)(C)C)c1ncc(F)cc1CO. The van der Waals surface area contributed by atoms with Gasteiger partial charge in [-0.05, 0) is 11.5 Å². The van der Waals surface area contributed by atoms with E-state index < -0.39 is 5.82 Å². The van der Waals surface area contributed by atoms with Crippen LogP contribution in [-0.4, -0.2) is 23.7 Å². The number of aromatic nitrogens is 1. The molecule has 3 nitrogen and oxygen atoms in total. The molecule has 0 saturated heterocycles. The van der Waals surface area contributed by atoms with Crippen LogP contribution in [0, 0.1) is 11.2 Å². The van der Waals surface area contributed by atoms with Crippen molar-refractivity contribution in [2.45, 2.75) is 27.4 Å². The van der Waals surface area contributed by atoms with Gasteiger partial charge in [0.1, 0.15) is 11.6 Å². The van der Waals surface area contributed by atoms with Gasteiger partial charge in [0.05, 0.1) is 12.8 Å². The topological polar surface area (TPSA) is 36.4 Å². The summed E-state index contributed by atoms with van der Waals surface area (Å²) in [6.45, 7) is 6.94. The zero-order chi connectivity index (χ0) is 12.3. The summed E-state index contributed by atoms with van der Waals surface area (Å²) in [7, 11) is 1.89. The van der Waals surface area contributed by atoms with E-state index in [1.807, 2.05) is 11.9 Å². The Morgan fingerprint density at radius 1 is 1.44 bits per heavy atom. The molecule has 0 aliphatic carbocycles. The molecule has 0 radical (unpaired) electrons. The lowest BCUT2D eigenvalue weighted by atomic mass is 9.96. The Kier molecular flexibility index (Phi) is 3.86. The minimum atomic E-state index is -0.419. The summed E-state index contributed by atoms with van der Waals surface area (Å²) in [6, 6.07) is 1.32. The first-order valence-corrected chi connectivity index (χ1v) is 5.30. The largest absolute Gasteiger partial charge is 0.392 e. The standard InChI is InChI=1S/C12H19FN2O/c1-12(2,3)8-15(4)11-9(7-16)5-10(13)6-14-11/h5-6,16H,7-8H2,1-4H3. The lowest BCUT2D eigenvalue weighted by Gasteiger charge is -2.28. The molecule has 1 aromatic rings. The minimum Gasteiger partial charge on any atom is -0.392 e. The van der Waals surface area contributed by atoms with E-state index >= 15 is 0 Å². The molecule has 0 saturated carbocycles. The summed E-state index contributed by atoms with van der Waals surface area (Å²) < 4.78 is 12.9. The highest BCUT2D eigenvalue weighted by molar-refractivity contribution is 5.46. The van der Waals surface area contributed by atoms with Crippen molar-refractivity contribution in [2.75, 3.05) is 18.5 Å². The number of rotatable bonds is 3. The lowest BCUT2D eigenvalue weighted by molar-refractivity contribution is 0.280. The van der Waals surface area contributed by atoms with Crippen molar-refractivity contribution in [2.24, 2.45) is 5.41 Å². The minimum absolute atomic E-state index is 0.123. The summed E-state index contributed by atoms with van der Waals surface area (Å²) in [5.41, 5.74) is 0.643. The van der Waals surface area contributed by atoms with Crippen LogP contribution in [0.1, 0.15) is 26.3 Å². The highest BCUT2D eigenvalue weighted by atomic mass is 19.1. The molecule has 1 aromatic heterocycles. The second kappa shape index (κ2) is 4.78. The van der Waals surface area contributed by atoms with Gasteiger partial charge in [0.15, 0.2) is 0 Å². The van der Waals surface area contributed by atoms with E-state index in [9.17, 15) is 4.39 Å². The fraction of sp³-hybridized carbons (Fsp3) is 0.583. The Balaban J connectivity index is 2.94. The fourth-order valence-corrected chi connectivity index (χ4v) is 1.72. The molecule has 1 heterocycles. The zero-order valence-electron chi connectivity index (χ0n) is 10.3. The smallest absolute Gasteiger partial charge is 0.142 e. The number of aliphatic hydroxyl groups is 1. The molecule has 0 atom stereocenters. The Hall–Kier alpha value is -1.16. The van der Waals surface area contributed by atoms with Crippen LogP contribution < -0.4 is 4.90 Å². The van der Waals surface area contributed by atoms with Crippen LogP contribution in [0.3, 0.4) is 0 Å². The number of anilines is 1. The van der Waals surface area contributed by atoms with E-state index in [-0.39, 0.29) is 12.0 Å². The Morgan fingerprint density at radius 2 is 2.06 bits per heavy atom. The van der Waals surface area contributed by atoms with E-state index in [0.29, 0.717) is 11.4 Å². The number of nitrogens with zero attached hydrogens (tertiary/aromatic N) is 2. The average Bonchev–Trinajstić information content (AvgIpc) is 2.14. The molecule has 0 spiro atoms. The monoisotopic (exact) mass is 226 g/mol. The van der Waals surface area contributed by atoms with Crippen LogP contribution >= 0.6 is 0 Å². The van der Waals surface area contributed by atoms with Crippen LogP contribution in [0.4, 0.5) is 10.2 Å². The van der Waals surface area contributed by atoms with E-state index in [1.165, 1.54) is 12.3 Å². The van der Waals surface area contributed by atoms with Gasteiger partial charge < -0.3 is 10.0 Å². The zero-order valence-corrected chi connectivity index (χ0v) is 10.3. The van der Waals surface area contributed by atoms with Gasteiger partial charge in [0.2, 0.25) is 0 Å². The number of halogens is 1. The lowest BCUT2D eigenvalue weighted by Crippen LogP contribution is -2.30. The summed E-state index contributed by atoms with van der Waals surface area (Å²) in [5, 5.41) is 9.16. The number of hydrogen-bond acceptors (Lipinski definition) is 3. The predicted octanol–water partition coefficient (Wildman–Crippen LogP) is 2.20. The first kappa shape index (κ1) is 12.9. The second-order valence-electron chi connectivity index (χ2n) is 5.21. The van der Waals surface area contributed by atoms with Crippen LogP contribution in [0.25, 0.3) is 0 Å². The highest BCUT2D eigenvalue weighted by Gasteiger charge is 2.17. The molecule has 0 aromatic carbocycles. The van der Waals surface area contributed by atoms with Crippen molar-refractivity contribution in [3.63, 3.8) is 0 Å². The van der Waals surface area contributed by atoms with Crippen molar-refractivity contribution in [1.82, 2.24) is 4.98 Å². The Labute approximate surface area is 95.9 Å². The van der Waals surface area contributed by atoms with Crippen molar-refractivity contribution in [3.8, 4) is 0 Å². The van der Waals surface area contributed by atoms with Crippen molar-refractivity contribution in [1.29, 1.82) is 0 Å². The predicted molar refractivity (Wildman–Crippen MR) is 62.8 cm³/mol. The highest BCUT2D eigenvalue weighted by Crippen LogP contribution is 2.22. The van der Waals surface area contributed by atoms with Crippen molar-refractivity contribution >= 4 is 5.82 Å². The molecule has 0 fully saturated rings. The molecule has 16 heavy (non-hydrogen) atoms. The van der Waals surface area contributed by atoms with E-state index in [1.54, 1.807) is 0 Å². The second-order valence-corrected chi connectivity index (χ2v) is 5.21. The third-order valence-electron chi connectivity index (χ3n) is 2.15. The van der Waals surface area contributed by atoms with Gasteiger partial charge in [0, 0.05) is 19.2 Å². The van der Waals surface area contributed by atoms with Gasteiger partial charge in [-0.1, -0.05) is 20.8 Å². The van der Waals surface area contributed by atoms with Gasteiger partial charge in [-0.25, -0.2) is 9.37 Å². The van der Waals surface area contributed by atoms with Crippen molar-refractivity contribution in [3.05, 3.63) is 23.6 Å². The maximum absolute atomic E-state index is 12.9. The number of aliphatic hydroxyl groups excluding tert-OH is 1. The quantitative estimate of drug-likeness (QED) is 0.858. The number of pyridine rings is 1. The molecular formula is C12H19FN2O. The normalized spacial score (nSPS) is 11.6. The molecule has 4 heteroatoms. The molecule has 90 valence electrons. The summed E-state index contributed by atoms with van der Waals surface area (Å²) in [6.07, 6.45) is 1.17. The third-order valence-corrected chi connectivity index (χ3v) is 2.15. The third kappa shape index (κ3) is 3.45.